The molecule has 0 aliphatic rings. The van der Waals surface area contributed by atoms with Gasteiger partial charge in [-0.1, -0.05) is 24.3 Å². The molecular formula is C25H17FN2O4. The van der Waals surface area contributed by atoms with E-state index in [0.29, 0.717) is 22.3 Å². The van der Waals surface area contributed by atoms with E-state index >= 15 is 0 Å². The lowest BCUT2D eigenvalue weighted by Crippen LogP contribution is -2.28. The minimum absolute atomic E-state index is 0.0518. The summed E-state index contributed by atoms with van der Waals surface area (Å²) in [4.78, 5) is 31.2. The fourth-order valence-corrected chi connectivity index (χ4v) is 3.66. The van der Waals surface area contributed by atoms with Crippen molar-refractivity contribution in [1.82, 2.24) is 9.55 Å². The summed E-state index contributed by atoms with van der Waals surface area (Å²) in [6.07, 6.45) is 0. The molecule has 0 unspecified atom stereocenters. The SMILES string of the molecule is COc1ccc(Cn2c(-c3ccc(F)cc3)nc3oc4ccccc4c(=O)c3c2=O)cc1. The van der Waals surface area contributed by atoms with Crippen molar-refractivity contribution in [3.8, 4) is 17.1 Å². The summed E-state index contributed by atoms with van der Waals surface area (Å²) in [5, 5.41) is 0.188. The van der Waals surface area contributed by atoms with Gasteiger partial charge in [-0.2, -0.15) is 4.98 Å². The van der Waals surface area contributed by atoms with Crippen molar-refractivity contribution >= 4 is 22.1 Å². The molecule has 0 atom stereocenters. The van der Waals surface area contributed by atoms with E-state index in [1.165, 1.54) is 28.8 Å². The predicted octanol–water partition coefficient (Wildman–Crippen LogP) is 4.37. The molecule has 0 bridgehead atoms. The number of halogens is 1. The molecule has 5 aromatic rings. The molecule has 0 fully saturated rings. The first-order chi connectivity index (χ1) is 15.5. The first kappa shape index (κ1) is 19.7. The molecule has 0 radical (unpaired) electrons. The third-order valence-corrected chi connectivity index (χ3v) is 5.30. The highest BCUT2D eigenvalue weighted by Crippen LogP contribution is 2.22. The molecule has 0 aliphatic carbocycles. The van der Waals surface area contributed by atoms with E-state index in [1.807, 2.05) is 12.1 Å². The second-order valence-corrected chi connectivity index (χ2v) is 7.29. The summed E-state index contributed by atoms with van der Waals surface area (Å²) in [7, 11) is 1.57. The number of hydrogen-bond acceptors (Lipinski definition) is 5. The van der Waals surface area contributed by atoms with Crippen molar-refractivity contribution in [2.75, 3.05) is 7.11 Å². The summed E-state index contributed by atoms with van der Waals surface area (Å²) < 4.78 is 25.9. The fraction of sp³-hybridized carbons (Fsp3) is 0.0800. The number of nitrogens with zero attached hydrogens (tertiary/aromatic N) is 2. The summed E-state index contributed by atoms with van der Waals surface area (Å²) >= 11 is 0. The van der Waals surface area contributed by atoms with E-state index in [-0.39, 0.29) is 23.5 Å². The van der Waals surface area contributed by atoms with Gasteiger partial charge in [0.05, 0.1) is 19.0 Å². The average Bonchev–Trinajstić information content (AvgIpc) is 2.82. The minimum Gasteiger partial charge on any atom is -0.497 e. The largest absolute Gasteiger partial charge is 0.497 e. The highest BCUT2D eigenvalue weighted by atomic mass is 19.1. The van der Waals surface area contributed by atoms with Crippen LogP contribution in [0.25, 0.3) is 33.5 Å². The normalized spacial score (nSPS) is 11.2. The van der Waals surface area contributed by atoms with Crippen LogP contribution in [-0.2, 0) is 6.54 Å². The Balaban J connectivity index is 1.80. The molecule has 6 nitrogen and oxygen atoms in total. The lowest BCUT2D eigenvalue weighted by molar-refractivity contribution is 0.414. The van der Waals surface area contributed by atoms with Gasteiger partial charge < -0.3 is 9.15 Å². The van der Waals surface area contributed by atoms with Crippen molar-refractivity contribution in [3.05, 3.63) is 105 Å². The van der Waals surface area contributed by atoms with E-state index in [4.69, 9.17) is 9.15 Å². The van der Waals surface area contributed by atoms with E-state index in [9.17, 15) is 14.0 Å². The summed E-state index contributed by atoms with van der Waals surface area (Å²) in [5.74, 6) is 0.552. The van der Waals surface area contributed by atoms with Crippen molar-refractivity contribution < 1.29 is 13.5 Å². The van der Waals surface area contributed by atoms with Gasteiger partial charge in [0.15, 0.2) is 5.39 Å². The van der Waals surface area contributed by atoms with E-state index in [1.54, 1.807) is 43.5 Å². The Bertz CT molecular complexity index is 1570. The smallest absolute Gasteiger partial charge is 0.269 e. The molecule has 3 aromatic carbocycles. The molecule has 32 heavy (non-hydrogen) atoms. The highest BCUT2D eigenvalue weighted by molar-refractivity contribution is 5.88. The highest BCUT2D eigenvalue weighted by Gasteiger charge is 2.19. The van der Waals surface area contributed by atoms with Gasteiger partial charge in [-0.3, -0.25) is 14.2 Å². The molecular weight excluding hydrogens is 411 g/mol. The maximum Gasteiger partial charge on any atom is 0.269 e. The van der Waals surface area contributed by atoms with Crippen molar-refractivity contribution in [3.63, 3.8) is 0 Å². The monoisotopic (exact) mass is 428 g/mol. The topological polar surface area (TPSA) is 74.3 Å². The van der Waals surface area contributed by atoms with Gasteiger partial charge in [0.25, 0.3) is 5.56 Å². The molecule has 0 aliphatic heterocycles. The molecule has 7 heteroatoms. The van der Waals surface area contributed by atoms with Crippen LogP contribution in [0.3, 0.4) is 0 Å². The van der Waals surface area contributed by atoms with Gasteiger partial charge in [-0.25, -0.2) is 4.39 Å². The maximum absolute atomic E-state index is 13.5. The molecule has 2 aromatic heterocycles. The second-order valence-electron chi connectivity index (χ2n) is 7.29. The number of para-hydroxylation sites is 1. The van der Waals surface area contributed by atoms with Crippen molar-refractivity contribution in [1.29, 1.82) is 0 Å². The average molecular weight is 428 g/mol. The lowest BCUT2D eigenvalue weighted by Gasteiger charge is -2.14. The number of methoxy groups -OCH3 is 1. The number of rotatable bonds is 4. The van der Waals surface area contributed by atoms with Crippen molar-refractivity contribution in [2.45, 2.75) is 6.54 Å². The summed E-state index contributed by atoms with van der Waals surface area (Å²) in [6.45, 7) is 0.157. The molecule has 2 heterocycles. The summed E-state index contributed by atoms with van der Waals surface area (Å²) in [6, 6.07) is 19.6. The Morgan fingerprint density at radius 1 is 0.969 bits per heavy atom. The predicted molar refractivity (Wildman–Crippen MR) is 120 cm³/mol. The van der Waals surface area contributed by atoms with Crippen LogP contribution in [-0.4, -0.2) is 16.7 Å². The molecule has 0 saturated heterocycles. The van der Waals surface area contributed by atoms with E-state index in [2.05, 4.69) is 4.98 Å². The third-order valence-electron chi connectivity index (χ3n) is 5.30. The first-order valence-electron chi connectivity index (χ1n) is 9.90. The Labute approximate surface area is 181 Å². The lowest BCUT2D eigenvalue weighted by atomic mass is 10.1. The van der Waals surface area contributed by atoms with Crippen LogP contribution in [0, 0.1) is 5.82 Å². The van der Waals surface area contributed by atoms with Crippen LogP contribution < -0.4 is 15.7 Å². The number of ether oxygens (including phenoxy) is 1. The Morgan fingerprint density at radius 3 is 2.41 bits per heavy atom. The standard InChI is InChI=1S/C25H17FN2O4/c1-31-18-12-6-15(7-13-18)14-28-23(16-8-10-17(26)11-9-16)27-24-21(25(28)30)22(29)19-4-2-3-5-20(19)32-24/h2-13H,14H2,1H3. The van der Waals surface area contributed by atoms with Crippen LogP contribution in [0.4, 0.5) is 4.39 Å². The molecule has 0 N–H and O–H groups in total. The number of fused-ring (bicyclic) bond motifs is 2. The van der Waals surface area contributed by atoms with Gasteiger partial charge >= 0.3 is 0 Å². The molecule has 158 valence electrons. The third kappa shape index (κ3) is 3.33. The Hall–Kier alpha value is -4.26. The number of aromatic nitrogens is 2. The van der Waals surface area contributed by atoms with Crippen LogP contribution in [0.1, 0.15) is 5.56 Å². The van der Waals surface area contributed by atoms with Gasteiger partial charge in [0.1, 0.15) is 23.0 Å². The van der Waals surface area contributed by atoms with Crippen LogP contribution >= 0.6 is 0 Å². The zero-order chi connectivity index (χ0) is 22.2. The quantitative estimate of drug-likeness (QED) is 0.398. The minimum atomic E-state index is -0.523. The summed E-state index contributed by atoms with van der Waals surface area (Å²) in [5.41, 5.74) is 0.661. The second kappa shape index (κ2) is 7.77. The van der Waals surface area contributed by atoms with E-state index in [0.717, 1.165) is 5.56 Å². The van der Waals surface area contributed by atoms with Crippen LogP contribution in [0.5, 0.6) is 5.75 Å². The van der Waals surface area contributed by atoms with Gasteiger partial charge in [-0.15, -0.1) is 0 Å². The van der Waals surface area contributed by atoms with E-state index < -0.39 is 16.8 Å². The molecule has 0 saturated carbocycles. The Morgan fingerprint density at radius 2 is 1.69 bits per heavy atom. The Kier molecular flexibility index (Phi) is 4.78. The first-order valence-corrected chi connectivity index (χ1v) is 9.90. The van der Waals surface area contributed by atoms with Crippen LogP contribution in [0.15, 0.2) is 86.8 Å². The van der Waals surface area contributed by atoms with Gasteiger partial charge in [-0.05, 0) is 54.1 Å². The molecule has 0 amide bonds. The van der Waals surface area contributed by atoms with Gasteiger partial charge in [0.2, 0.25) is 11.1 Å². The molecule has 0 spiro atoms. The van der Waals surface area contributed by atoms with Crippen molar-refractivity contribution in [2.24, 2.45) is 0 Å². The molecule has 5 rings (SSSR count). The zero-order valence-corrected chi connectivity index (χ0v) is 17.0. The number of benzene rings is 3. The van der Waals surface area contributed by atoms with Gasteiger partial charge in [0, 0.05) is 5.56 Å². The fourth-order valence-electron chi connectivity index (χ4n) is 3.66. The van der Waals surface area contributed by atoms with Crippen LogP contribution in [0.2, 0.25) is 0 Å². The number of hydrogen-bond donors (Lipinski definition) is 0. The zero-order valence-electron chi connectivity index (χ0n) is 17.0. The maximum atomic E-state index is 13.5.